The van der Waals surface area contributed by atoms with Gasteiger partial charge >= 0.3 is 0 Å². The van der Waals surface area contributed by atoms with Crippen molar-refractivity contribution in [1.82, 2.24) is 0 Å². The molecule has 26 heavy (non-hydrogen) atoms. The Kier molecular flexibility index (Phi) is 6.21. The second-order valence-electron chi connectivity index (χ2n) is 7.92. The molecule has 1 heterocycles. The van der Waals surface area contributed by atoms with Gasteiger partial charge in [0.25, 0.3) is 0 Å². The van der Waals surface area contributed by atoms with Crippen molar-refractivity contribution in [1.29, 1.82) is 0 Å². The lowest BCUT2D eigenvalue weighted by Crippen LogP contribution is -2.42. The van der Waals surface area contributed by atoms with Gasteiger partial charge in [0.1, 0.15) is 12.4 Å². The van der Waals surface area contributed by atoms with E-state index in [1.807, 2.05) is 20.8 Å². The van der Waals surface area contributed by atoms with Gasteiger partial charge in [-0.2, -0.15) is 0 Å². The highest BCUT2D eigenvalue weighted by molar-refractivity contribution is 7.92. The number of anilines is 2. The SMILES string of the molecule is CCCS(=O)(=O)Nc1ccc2c(c1)OCC(C)(C)C(=O)N2CCC(C)C. The van der Waals surface area contributed by atoms with Gasteiger partial charge in [0.05, 0.1) is 22.5 Å². The largest absolute Gasteiger partial charge is 0.490 e. The van der Waals surface area contributed by atoms with Crippen LogP contribution >= 0.6 is 0 Å². The van der Waals surface area contributed by atoms with E-state index in [-0.39, 0.29) is 18.3 Å². The van der Waals surface area contributed by atoms with Gasteiger partial charge in [-0.15, -0.1) is 0 Å². The van der Waals surface area contributed by atoms with E-state index in [0.29, 0.717) is 36.0 Å². The van der Waals surface area contributed by atoms with E-state index >= 15 is 0 Å². The third-order valence-corrected chi connectivity index (χ3v) is 5.83. The Morgan fingerprint density at radius 3 is 2.62 bits per heavy atom. The molecule has 0 spiro atoms. The number of rotatable bonds is 7. The van der Waals surface area contributed by atoms with Crippen LogP contribution < -0.4 is 14.4 Å². The van der Waals surface area contributed by atoms with E-state index in [0.717, 1.165) is 6.42 Å². The zero-order valence-corrected chi connectivity index (χ0v) is 17.1. The van der Waals surface area contributed by atoms with Crippen LogP contribution in [0.4, 0.5) is 11.4 Å². The van der Waals surface area contributed by atoms with E-state index in [1.54, 1.807) is 23.1 Å². The zero-order chi connectivity index (χ0) is 19.5. The average Bonchev–Trinajstić information content (AvgIpc) is 2.61. The van der Waals surface area contributed by atoms with Crippen LogP contribution in [0, 0.1) is 11.3 Å². The maximum absolute atomic E-state index is 13.0. The van der Waals surface area contributed by atoms with Crippen LogP contribution in [-0.4, -0.2) is 33.2 Å². The predicted molar refractivity (Wildman–Crippen MR) is 105 cm³/mol. The predicted octanol–water partition coefficient (Wildman–Crippen LogP) is 3.64. The number of ether oxygens (including phenoxy) is 1. The summed E-state index contributed by atoms with van der Waals surface area (Å²) in [6.45, 7) is 10.7. The average molecular weight is 383 g/mol. The van der Waals surface area contributed by atoms with Crippen molar-refractivity contribution in [3.8, 4) is 5.75 Å². The lowest BCUT2D eigenvalue weighted by atomic mass is 9.92. The van der Waals surface area contributed by atoms with Crippen molar-refractivity contribution < 1.29 is 17.9 Å². The molecule has 1 aromatic carbocycles. The normalized spacial score (nSPS) is 16.8. The van der Waals surface area contributed by atoms with Crippen molar-refractivity contribution in [3.05, 3.63) is 18.2 Å². The van der Waals surface area contributed by atoms with Gasteiger partial charge in [0.15, 0.2) is 0 Å². The molecule has 0 fully saturated rings. The van der Waals surface area contributed by atoms with Gasteiger partial charge in [0, 0.05) is 12.6 Å². The molecule has 0 radical (unpaired) electrons. The summed E-state index contributed by atoms with van der Waals surface area (Å²) < 4.78 is 32.5. The molecule has 1 aromatic rings. The maximum Gasteiger partial charge on any atom is 0.236 e. The number of carbonyl (C=O) groups is 1. The molecule has 2 rings (SSSR count). The molecule has 6 nitrogen and oxygen atoms in total. The topological polar surface area (TPSA) is 75.7 Å². The summed E-state index contributed by atoms with van der Waals surface area (Å²) >= 11 is 0. The first-order chi connectivity index (χ1) is 12.1. The van der Waals surface area contributed by atoms with Crippen LogP contribution in [0.2, 0.25) is 0 Å². The maximum atomic E-state index is 13.0. The van der Waals surface area contributed by atoms with Crippen molar-refractivity contribution in [3.63, 3.8) is 0 Å². The van der Waals surface area contributed by atoms with Crippen molar-refractivity contribution in [2.24, 2.45) is 11.3 Å². The van der Waals surface area contributed by atoms with Crippen molar-refractivity contribution in [2.45, 2.75) is 47.5 Å². The number of carbonyl (C=O) groups excluding carboxylic acids is 1. The summed E-state index contributed by atoms with van der Waals surface area (Å²) in [5.74, 6) is 1.09. The lowest BCUT2D eigenvalue weighted by Gasteiger charge is -2.28. The second kappa shape index (κ2) is 7.86. The first kappa shape index (κ1) is 20.6. The van der Waals surface area contributed by atoms with Gasteiger partial charge < -0.3 is 9.64 Å². The Hall–Kier alpha value is -1.76. The number of hydrogen-bond donors (Lipinski definition) is 1. The monoisotopic (exact) mass is 382 g/mol. The molecule has 1 N–H and O–H groups in total. The van der Waals surface area contributed by atoms with E-state index in [4.69, 9.17) is 4.74 Å². The fourth-order valence-electron chi connectivity index (χ4n) is 2.82. The summed E-state index contributed by atoms with van der Waals surface area (Å²) in [4.78, 5) is 14.7. The molecular formula is C19H30N2O4S. The minimum atomic E-state index is -3.38. The molecule has 146 valence electrons. The van der Waals surface area contributed by atoms with Crippen LogP contribution in [0.15, 0.2) is 18.2 Å². The number of sulfonamides is 1. The molecule has 1 aliphatic heterocycles. The molecule has 0 bridgehead atoms. The van der Waals surface area contributed by atoms with Crippen molar-refractivity contribution >= 4 is 27.3 Å². The van der Waals surface area contributed by atoms with Gasteiger partial charge in [-0.3, -0.25) is 9.52 Å². The first-order valence-corrected chi connectivity index (χ1v) is 10.8. The lowest BCUT2D eigenvalue weighted by molar-refractivity contribution is -0.127. The highest BCUT2D eigenvalue weighted by atomic mass is 32.2. The fraction of sp³-hybridized carbons (Fsp3) is 0.632. The summed E-state index contributed by atoms with van der Waals surface area (Å²) in [5, 5.41) is 0. The first-order valence-electron chi connectivity index (χ1n) is 9.15. The minimum Gasteiger partial charge on any atom is -0.490 e. The molecular weight excluding hydrogens is 352 g/mol. The smallest absolute Gasteiger partial charge is 0.236 e. The van der Waals surface area contributed by atoms with Crippen LogP contribution in [0.25, 0.3) is 0 Å². The van der Waals surface area contributed by atoms with E-state index in [9.17, 15) is 13.2 Å². The van der Waals surface area contributed by atoms with Crippen LogP contribution in [0.1, 0.15) is 47.5 Å². The van der Waals surface area contributed by atoms with Gasteiger partial charge in [-0.25, -0.2) is 8.42 Å². The zero-order valence-electron chi connectivity index (χ0n) is 16.3. The van der Waals surface area contributed by atoms with Crippen LogP contribution in [-0.2, 0) is 14.8 Å². The van der Waals surface area contributed by atoms with Gasteiger partial charge in [-0.05, 0) is 44.7 Å². The number of hydrogen-bond acceptors (Lipinski definition) is 4. The Balaban J connectivity index is 2.37. The highest BCUT2D eigenvalue weighted by Crippen LogP contribution is 2.38. The molecule has 1 amide bonds. The van der Waals surface area contributed by atoms with Gasteiger partial charge in [-0.1, -0.05) is 20.8 Å². The number of nitrogens with one attached hydrogen (secondary N) is 1. The Labute approximate surface area is 157 Å². The van der Waals surface area contributed by atoms with E-state index < -0.39 is 15.4 Å². The number of nitrogens with zero attached hydrogens (tertiary/aromatic N) is 1. The molecule has 7 heteroatoms. The molecule has 0 aromatic heterocycles. The number of amides is 1. The summed E-state index contributed by atoms with van der Waals surface area (Å²) in [6, 6.07) is 5.11. The summed E-state index contributed by atoms with van der Waals surface area (Å²) in [6.07, 6.45) is 1.43. The second-order valence-corrected chi connectivity index (χ2v) is 9.76. The Morgan fingerprint density at radius 1 is 1.31 bits per heavy atom. The molecule has 1 aliphatic rings. The third kappa shape index (κ3) is 4.90. The van der Waals surface area contributed by atoms with Crippen LogP contribution in [0.3, 0.4) is 0 Å². The quantitative estimate of drug-likeness (QED) is 0.781. The summed E-state index contributed by atoms with van der Waals surface area (Å²) in [5.41, 5.74) is 0.505. The minimum absolute atomic E-state index is 0.0243. The molecule has 0 unspecified atom stereocenters. The fourth-order valence-corrected chi connectivity index (χ4v) is 3.95. The summed E-state index contributed by atoms with van der Waals surface area (Å²) in [7, 11) is -3.38. The molecule has 0 saturated carbocycles. The molecule has 0 atom stereocenters. The van der Waals surface area contributed by atoms with Crippen molar-refractivity contribution in [2.75, 3.05) is 28.5 Å². The van der Waals surface area contributed by atoms with Crippen LogP contribution in [0.5, 0.6) is 5.75 Å². The van der Waals surface area contributed by atoms with E-state index in [1.165, 1.54) is 0 Å². The third-order valence-electron chi connectivity index (χ3n) is 4.34. The Bertz CT molecular complexity index is 757. The molecule has 0 saturated heterocycles. The highest BCUT2D eigenvalue weighted by Gasteiger charge is 2.37. The van der Waals surface area contributed by atoms with Gasteiger partial charge in [0.2, 0.25) is 15.9 Å². The standard InChI is InChI=1S/C19H30N2O4S/c1-6-11-26(23,24)20-15-7-8-16-17(12-15)25-13-19(4,5)18(22)21(16)10-9-14(2)3/h7-8,12,14,20H,6,9-11,13H2,1-5H3. The number of benzene rings is 1. The molecule has 0 aliphatic carbocycles. The number of fused-ring (bicyclic) bond motifs is 1. The van der Waals surface area contributed by atoms with E-state index in [2.05, 4.69) is 18.6 Å². The Morgan fingerprint density at radius 2 is 2.00 bits per heavy atom.